The standard InChI is InChI=1S/H3O4P.Tl/c1-5(2,3)4;/h(H3,1,2,3,4);/p-3. The third-order valence-corrected chi connectivity index (χ3v) is 0. The van der Waals surface area contributed by atoms with E-state index in [4.69, 9.17) is 19.2 Å². The van der Waals surface area contributed by atoms with Gasteiger partial charge in [-0.2, -0.15) is 7.82 Å². The van der Waals surface area contributed by atoms with Crippen molar-refractivity contribution in [3.8, 4) is 0 Å². The van der Waals surface area contributed by atoms with Gasteiger partial charge < -0.3 is 19.2 Å². The van der Waals surface area contributed by atoms with Gasteiger partial charge in [0.1, 0.15) is 0 Å². The second-order valence-corrected chi connectivity index (χ2v) is 1.34. The van der Waals surface area contributed by atoms with Gasteiger partial charge in [0, 0.05) is 27.3 Å². The first-order valence-corrected chi connectivity index (χ1v) is 2.19. The second-order valence-electron chi connectivity index (χ2n) is 0.447. The number of rotatable bonds is 0. The van der Waals surface area contributed by atoms with Gasteiger partial charge >= 0.3 is 0 Å². The summed E-state index contributed by atoms with van der Waals surface area (Å²) in [6.07, 6.45) is 0. The van der Waals surface area contributed by atoms with Gasteiger partial charge in [-0.25, -0.2) is 0 Å². The van der Waals surface area contributed by atoms with Crippen molar-refractivity contribution in [1.29, 1.82) is 0 Å². The summed E-state index contributed by atoms with van der Waals surface area (Å²) in [5.74, 6) is 0. The van der Waals surface area contributed by atoms with Crippen molar-refractivity contribution < 1.29 is 19.2 Å². The Labute approximate surface area is 54.6 Å². The molecule has 0 spiro atoms. The molecular weight excluding hydrogens is 299 g/mol. The molecule has 0 heterocycles. The first-order valence-electron chi connectivity index (χ1n) is 0.730. The maximum absolute atomic E-state index is 8.55. The normalized spacial score (nSPS) is 9.83. The van der Waals surface area contributed by atoms with Crippen LogP contribution in [-0.4, -0.2) is 27.3 Å². The van der Waals surface area contributed by atoms with E-state index in [1.165, 1.54) is 0 Å². The van der Waals surface area contributed by atoms with Crippen molar-refractivity contribution in [3.05, 3.63) is 0 Å². The number of phosphoric acid groups is 1. The number of hydrogen-bond acceptors (Lipinski definition) is 4. The smallest absolute Gasteiger partial charge is 0 e. The Hall–Kier alpha value is 1.03. The zero-order valence-corrected chi connectivity index (χ0v) is 8.04. The van der Waals surface area contributed by atoms with E-state index in [2.05, 4.69) is 0 Å². The molecule has 0 fully saturated rings. The molecule has 0 bridgehead atoms. The van der Waals surface area contributed by atoms with E-state index in [0.29, 0.717) is 0 Å². The van der Waals surface area contributed by atoms with Crippen LogP contribution in [0.15, 0.2) is 0 Å². The van der Waals surface area contributed by atoms with Crippen LogP contribution in [0.1, 0.15) is 0 Å². The molecule has 35 valence electrons. The van der Waals surface area contributed by atoms with Gasteiger partial charge in [0.2, 0.25) is 0 Å². The third kappa shape index (κ3) is 76.8. The average Bonchev–Trinajstić information content (AvgIpc) is 0.722. The number of hydrogen-bond donors (Lipinski definition) is 0. The fourth-order valence-corrected chi connectivity index (χ4v) is 0. The van der Waals surface area contributed by atoms with Crippen LogP contribution in [0.3, 0.4) is 0 Å². The molecule has 0 aromatic heterocycles. The van der Waals surface area contributed by atoms with Crippen LogP contribution in [0, 0.1) is 0 Å². The summed E-state index contributed by atoms with van der Waals surface area (Å²) in [7, 11) is -5.39. The Kier molecular flexibility index (Phi) is 5.20. The largest absolute Gasteiger partial charge is 0.822 e. The van der Waals surface area contributed by atoms with Crippen LogP contribution in [0.25, 0.3) is 0 Å². The van der Waals surface area contributed by atoms with Crippen LogP contribution in [0.5, 0.6) is 0 Å². The Morgan fingerprint density at radius 1 is 1.17 bits per heavy atom. The van der Waals surface area contributed by atoms with Gasteiger partial charge in [-0.05, 0) is 0 Å². The SMILES string of the molecule is O=P([O-])([O-])[O-].[Tl]. The van der Waals surface area contributed by atoms with E-state index in [-0.39, 0.29) is 27.3 Å². The Morgan fingerprint density at radius 2 is 1.17 bits per heavy atom. The molecule has 0 N–H and O–H groups in total. The van der Waals surface area contributed by atoms with Crippen molar-refractivity contribution in [2.45, 2.75) is 0 Å². The minimum atomic E-state index is -5.39. The maximum Gasteiger partial charge on any atom is 0 e. The first kappa shape index (κ1) is 10.1. The van der Waals surface area contributed by atoms with Crippen LogP contribution < -0.4 is 14.7 Å². The third-order valence-electron chi connectivity index (χ3n) is 0. The second kappa shape index (κ2) is 3.09. The molecule has 0 amide bonds. The molecule has 0 aliphatic rings. The van der Waals surface area contributed by atoms with Crippen molar-refractivity contribution in [3.63, 3.8) is 0 Å². The topological polar surface area (TPSA) is 86.2 Å². The van der Waals surface area contributed by atoms with E-state index in [1.807, 2.05) is 0 Å². The molecule has 0 unspecified atom stereocenters. The predicted octanol–water partition coefficient (Wildman–Crippen LogP) is -3.21. The molecule has 0 atom stereocenters. The summed E-state index contributed by atoms with van der Waals surface area (Å²) in [5, 5.41) is 0. The van der Waals surface area contributed by atoms with E-state index < -0.39 is 7.82 Å². The summed E-state index contributed by atoms with van der Waals surface area (Å²) in [5.41, 5.74) is 0. The van der Waals surface area contributed by atoms with Crippen LogP contribution >= 0.6 is 7.82 Å². The Bertz CT molecular complexity index is 53.7. The molecule has 0 rings (SSSR count). The molecule has 6 heteroatoms. The molecule has 0 aromatic rings. The molecule has 0 saturated carbocycles. The van der Waals surface area contributed by atoms with Gasteiger partial charge in [0.15, 0.2) is 0 Å². The van der Waals surface area contributed by atoms with E-state index >= 15 is 0 Å². The molecule has 4 nitrogen and oxygen atoms in total. The Morgan fingerprint density at radius 3 is 1.17 bits per heavy atom. The maximum atomic E-state index is 8.55. The van der Waals surface area contributed by atoms with E-state index in [1.54, 1.807) is 0 Å². The van der Waals surface area contributed by atoms with Crippen molar-refractivity contribution in [2.24, 2.45) is 0 Å². The quantitative estimate of drug-likeness (QED) is 0.348. The van der Waals surface area contributed by atoms with Gasteiger partial charge in [0.05, 0.1) is 0 Å². The molecule has 1 radical (unpaired) electrons. The van der Waals surface area contributed by atoms with Gasteiger partial charge in [-0.1, -0.05) is 0 Å². The van der Waals surface area contributed by atoms with Crippen LogP contribution in [-0.2, 0) is 4.57 Å². The predicted molar refractivity (Wildman–Crippen MR) is 13.4 cm³/mol. The van der Waals surface area contributed by atoms with Crippen LogP contribution in [0.4, 0.5) is 0 Å². The fraction of sp³-hybridized carbons (Fsp3) is 0. The fourth-order valence-electron chi connectivity index (χ4n) is 0. The summed E-state index contributed by atoms with van der Waals surface area (Å²) >= 11 is 0. The zero-order valence-electron chi connectivity index (χ0n) is 2.66. The average molecular weight is 299 g/mol. The van der Waals surface area contributed by atoms with Gasteiger partial charge in [-0.15, -0.1) is 0 Å². The molecule has 0 saturated heterocycles. The van der Waals surface area contributed by atoms with Crippen molar-refractivity contribution in [1.82, 2.24) is 0 Å². The first-order chi connectivity index (χ1) is 2.00. The Balaban J connectivity index is 0. The monoisotopic (exact) mass is 300 g/mol. The summed E-state index contributed by atoms with van der Waals surface area (Å²) < 4.78 is 8.55. The van der Waals surface area contributed by atoms with E-state index in [9.17, 15) is 0 Å². The molecule has 0 aliphatic heterocycles. The minimum absolute atomic E-state index is 0. The van der Waals surface area contributed by atoms with Crippen LogP contribution in [0.2, 0.25) is 0 Å². The van der Waals surface area contributed by atoms with Gasteiger partial charge in [-0.3, -0.25) is 0 Å². The van der Waals surface area contributed by atoms with Gasteiger partial charge in [0.25, 0.3) is 0 Å². The summed E-state index contributed by atoms with van der Waals surface area (Å²) in [6, 6.07) is 0. The molecule has 0 aliphatic carbocycles. The molecule has 0 aromatic carbocycles. The van der Waals surface area contributed by atoms with Crippen molar-refractivity contribution in [2.75, 3.05) is 0 Å². The minimum Gasteiger partial charge on any atom is -0.822 e. The summed E-state index contributed by atoms with van der Waals surface area (Å²) in [4.78, 5) is 25.6. The molecular formula is O4PTl-3. The van der Waals surface area contributed by atoms with E-state index in [0.717, 1.165) is 0 Å². The zero-order chi connectivity index (χ0) is 4.50. The van der Waals surface area contributed by atoms with Crippen molar-refractivity contribution >= 4 is 35.1 Å². The molecule has 6 heavy (non-hydrogen) atoms. The summed E-state index contributed by atoms with van der Waals surface area (Å²) in [6.45, 7) is 0.